The number of thioether (sulfide) groups is 1. The molecule has 1 aliphatic heterocycles. The summed E-state index contributed by atoms with van der Waals surface area (Å²) in [5.41, 5.74) is 1.60. The summed E-state index contributed by atoms with van der Waals surface area (Å²) in [4.78, 5) is 28.8. The van der Waals surface area contributed by atoms with E-state index in [1.165, 1.54) is 40.7 Å². The number of nitrogens with one attached hydrogen (secondary N) is 2. The number of hydrogen-bond donors (Lipinski definition) is 2. The van der Waals surface area contributed by atoms with Gasteiger partial charge >= 0.3 is 0 Å². The fraction of sp³-hybridized carbons (Fsp3) is 0.158. The topological polar surface area (TPSA) is 88.9 Å². The molecule has 0 fully saturated rings. The van der Waals surface area contributed by atoms with Crippen molar-refractivity contribution < 1.29 is 14.0 Å². The monoisotopic (exact) mass is 397 g/mol. The summed E-state index contributed by atoms with van der Waals surface area (Å²) in [5.74, 6) is -0.0490. The third-order valence-corrected chi connectivity index (χ3v) is 5.07. The van der Waals surface area contributed by atoms with E-state index in [0.29, 0.717) is 22.5 Å². The smallest absolute Gasteiger partial charge is 0.252 e. The minimum atomic E-state index is -0.769. The predicted octanol–water partition coefficient (Wildman–Crippen LogP) is 3.23. The van der Waals surface area contributed by atoms with E-state index < -0.39 is 6.04 Å². The second kappa shape index (κ2) is 7.81. The summed E-state index contributed by atoms with van der Waals surface area (Å²) >= 11 is 1.45. The Kier molecular flexibility index (Phi) is 5.07. The van der Waals surface area contributed by atoms with Gasteiger partial charge < -0.3 is 5.32 Å². The Morgan fingerprint density at radius 2 is 1.93 bits per heavy atom. The van der Waals surface area contributed by atoms with Gasteiger partial charge in [0.05, 0.1) is 6.42 Å². The zero-order valence-electron chi connectivity index (χ0n) is 14.6. The molecule has 2 aromatic carbocycles. The highest BCUT2D eigenvalue weighted by molar-refractivity contribution is 7.98. The van der Waals surface area contributed by atoms with Crippen molar-refractivity contribution in [2.24, 2.45) is 0 Å². The fourth-order valence-electron chi connectivity index (χ4n) is 2.79. The number of anilines is 2. The Morgan fingerprint density at radius 3 is 2.68 bits per heavy atom. The average Bonchev–Trinajstić information content (AvgIpc) is 3.21. The van der Waals surface area contributed by atoms with Crippen LogP contribution in [0.2, 0.25) is 0 Å². The molecule has 0 spiro atoms. The molecule has 3 aromatic rings. The van der Waals surface area contributed by atoms with Crippen LogP contribution < -0.4 is 10.6 Å². The lowest BCUT2D eigenvalue weighted by Crippen LogP contribution is -2.23. The van der Waals surface area contributed by atoms with Crippen LogP contribution in [0.25, 0.3) is 0 Å². The minimum Gasteiger partial charge on any atom is -0.326 e. The molecule has 1 unspecified atom stereocenters. The van der Waals surface area contributed by atoms with E-state index in [4.69, 9.17) is 0 Å². The third-order valence-electron chi connectivity index (χ3n) is 4.16. The summed E-state index contributed by atoms with van der Waals surface area (Å²) in [7, 11) is 0. The van der Waals surface area contributed by atoms with Crippen LogP contribution in [0, 0.1) is 5.82 Å². The average molecular weight is 397 g/mol. The van der Waals surface area contributed by atoms with Crippen molar-refractivity contribution in [3.8, 4) is 0 Å². The molecule has 4 rings (SSSR count). The molecule has 0 aliphatic carbocycles. The molecule has 0 radical (unpaired) electrons. The molecule has 0 saturated carbocycles. The van der Waals surface area contributed by atoms with Crippen molar-refractivity contribution in [1.82, 2.24) is 14.8 Å². The quantitative estimate of drug-likeness (QED) is 0.624. The van der Waals surface area contributed by atoms with Crippen molar-refractivity contribution >= 4 is 35.2 Å². The first-order chi connectivity index (χ1) is 13.6. The summed E-state index contributed by atoms with van der Waals surface area (Å²) in [5, 5.41) is 10.2. The van der Waals surface area contributed by atoms with Crippen LogP contribution in [0.5, 0.6) is 0 Å². The number of amides is 2. The lowest BCUT2D eigenvalue weighted by molar-refractivity contribution is -0.123. The Bertz CT molecular complexity index is 1010. The molecule has 1 aliphatic rings. The molecule has 28 heavy (non-hydrogen) atoms. The molecule has 7 nitrogen and oxygen atoms in total. The van der Waals surface area contributed by atoms with Crippen LogP contribution in [0.15, 0.2) is 59.8 Å². The minimum absolute atomic E-state index is 0.0949. The first-order valence-corrected chi connectivity index (χ1v) is 9.56. The van der Waals surface area contributed by atoms with E-state index in [1.807, 2.05) is 30.3 Å². The zero-order valence-corrected chi connectivity index (χ0v) is 15.4. The normalized spacial score (nSPS) is 15.2. The number of hydrogen-bond acceptors (Lipinski definition) is 5. The van der Waals surface area contributed by atoms with Crippen molar-refractivity contribution in [3.63, 3.8) is 0 Å². The molecule has 2 heterocycles. The van der Waals surface area contributed by atoms with Gasteiger partial charge in [-0.05, 0) is 29.8 Å². The Hall–Kier alpha value is -3.20. The molecule has 1 aromatic heterocycles. The highest BCUT2D eigenvalue weighted by Gasteiger charge is 2.35. The first kappa shape index (κ1) is 18.2. The van der Waals surface area contributed by atoms with Gasteiger partial charge in [0.15, 0.2) is 0 Å². The SMILES string of the molecule is O=C(CC1C(=O)Nc2nc(SCc3ccccc3)nn21)Nc1ccc(F)cc1. The van der Waals surface area contributed by atoms with Crippen molar-refractivity contribution in [2.75, 3.05) is 10.6 Å². The summed E-state index contributed by atoms with van der Waals surface area (Å²) in [6.07, 6.45) is -0.0949. The van der Waals surface area contributed by atoms with Gasteiger partial charge in [-0.1, -0.05) is 42.1 Å². The van der Waals surface area contributed by atoms with Crippen LogP contribution in [0.3, 0.4) is 0 Å². The van der Waals surface area contributed by atoms with Crippen LogP contribution in [0.4, 0.5) is 16.0 Å². The standard InChI is InChI=1S/C19H16FN5O2S/c20-13-6-8-14(9-7-13)21-16(26)10-15-17(27)22-18-23-19(24-25(15)18)28-11-12-4-2-1-3-5-12/h1-9,15H,10-11H2,(H,21,26)(H,22,23,24,27). The van der Waals surface area contributed by atoms with Gasteiger partial charge in [0.2, 0.25) is 17.0 Å². The van der Waals surface area contributed by atoms with Crippen LogP contribution in [-0.4, -0.2) is 26.6 Å². The lowest BCUT2D eigenvalue weighted by atomic mass is 10.2. The second-order valence-corrected chi connectivity index (χ2v) is 7.14. The molecule has 142 valence electrons. The van der Waals surface area contributed by atoms with Crippen molar-refractivity contribution in [1.29, 1.82) is 0 Å². The molecule has 0 saturated heterocycles. The Labute approximate surface area is 164 Å². The largest absolute Gasteiger partial charge is 0.326 e. The van der Waals surface area contributed by atoms with Crippen LogP contribution in [-0.2, 0) is 15.3 Å². The number of carbonyl (C=O) groups excluding carboxylic acids is 2. The summed E-state index contributed by atoms with van der Waals surface area (Å²) in [6, 6.07) is 14.6. The van der Waals surface area contributed by atoms with Crippen molar-refractivity contribution in [3.05, 3.63) is 66.0 Å². The van der Waals surface area contributed by atoms with Gasteiger partial charge in [0.25, 0.3) is 5.91 Å². The maximum Gasteiger partial charge on any atom is 0.252 e. The van der Waals surface area contributed by atoms with Crippen molar-refractivity contribution in [2.45, 2.75) is 23.4 Å². The summed E-state index contributed by atoms with van der Waals surface area (Å²) in [6.45, 7) is 0. The van der Waals surface area contributed by atoms with Gasteiger partial charge in [-0.25, -0.2) is 9.07 Å². The van der Waals surface area contributed by atoms with Crippen LogP contribution in [0.1, 0.15) is 18.0 Å². The van der Waals surface area contributed by atoms with Gasteiger partial charge in [-0.15, -0.1) is 5.10 Å². The molecule has 1 atom stereocenters. The number of halogens is 1. The number of fused-ring (bicyclic) bond motifs is 1. The summed E-state index contributed by atoms with van der Waals surface area (Å²) < 4.78 is 14.4. The van der Waals surface area contributed by atoms with E-state index in [0.717, 1.165) is 5.56 Å². The number of aromatic nitrogens is 3. The predicted molar refractivity (Wildman–Crippen MR) is 103 cm³/mol. The Morgan fingerprint density at radius 1 is 1.18 bits per heavy atom. The Balaban J connectivity index is 1.40. The number of benzene rings is 2. The molecule has 9 heteroatoms. The highest BCUT2D eigenvalue weighted by Crippen LogP contribution is 2.29. The van der Waals surface area contributed by atoms with Gasteiger partial charge in [0, 0.05) is 11.4 Å². The lowest BCUT2D eigenvalue weighted by Gasteiger charge is -2.09. The zero-order chi connectivity index (χ0) is 19.5. The van der Waals surface area contributed by atoms with Gasteiger partial charge in [-0.3, -0.25) is 14.9 Å². The molecule has 2 N–H and O–H groups in total. The highest BCUT2D eigenvalue weighted by atomic mass is 32.2. The molecular weight excluding hydrogens is 381 g/mol. The first-order valence-electron chi connectivity index (χ1n) is 8.58. The number of nitrogens with zero attached hydrogens (tertiary/aromatic N) is 3. The van der Waals surface area contributed by atoms with E-state index >= 15 is 0 Å². The molecule has 2 amide bonds. The maximum atomic E-state index is 13.0. The fourth-order valence-corrected chi connectivity index (χ4v) is 3.58. The second-order valence-electron chi connectivity index (χ2n) is 6.20. The number of carbonyl (C=O) groups is 2. The molecular formula is C19H16FN5O2S. The van der Waals surface area contributed by atoms with E-state index in [-0.39, 0.29) is 24.1 Å². The van der Waals surface area contributed by atoms with E-state index in [2.05, 4.69) is 20.7 Å². The van der Waals surface area contributed by atoms with Gasteiger partial charge in [0.1, 0.15) is 11.9 Å². The van der Waals surface area contributed by atoms with E-state index in [9.17, 15) is 14.0 Å². The molecule has 0 bridgehead atoms. The van der Waals surface area contributed by atoms with Crippen LogP contribution >= 0.6 is 11.8 Å². The number of rotatable bonds is 6. The van der Waals surface area contributed by atoms with Gasteiger partial charge in [-0.2, -0.15) is 4.98 Å². The maximum absolute atomic E-state index is 13.0. The van der Waals surface area contributed by atoms with E-state index in [1.54, 1.807) is 0 Å². The third kappa shape index (κ3) is 4.04.